The fourth-order valence-corrected chi connectivity index (χ4v) is 3.84. The molecule has 1 aliphatic heterocycles. The van der Waals surface area contributed by atoms with Crippen molar-refractivity contribution in [2.24, 2.45) is 0 Å². The first-order valence-electron chi connectivity index (χ1n) is 9.12. The quantitative estimate of drug-likeness (QED) is 0.580. The number of fused-ring (bicyclic) bond motifs is 1. The van der Waals surface area contributed by atoms with Crippen LogP contribution in [-0.4, -0.2) is 32.2 Å². The summed E-state index contributed by atoms with van der Waals surface area (Å²) < 4.78 is 3.60. The molecule has 3 aromatic heterocycles. The fraction of sp³-hybridized carbons (Fsp3) is 0.190. The molecule has 142 valence electrons. The maximum Gasteiger partial charge on any atom is 0.335 e. The molecule has 1 aromatic carbocycles. The number of benzene rings is 1. The minimum Gasteiger partial charge on any atom is -0.315 e. The molecule has 0 aliphatic carbocycles. The Bertz CT molecular complexity index is 1150. The zero-order valence-electron chi connectivity index (χ0n) is 15.2. The van der Waals surface area contributed by atoms with Crippen molar-refractivity contribution in [2.45, 2.75) is 12.5 Å². The van der Waals surface area contributed by atoms with Gasteiger partial charge in [0, 0.05) is 25.1 Å². The number of hydrogen-bond acceptors (Lipinski definition) is 4. The molecule has 6 nitrogen and oxygen atoms in total. The van der Waals surface area contributed by atoms with Crippen molar-refractivity contribution in [2.75, 3.05) is 13.1 Å². The second kappa shape index (κ2) is 7.58. The molecule has 28 heavy (non-hydrogen) atoms. The van der Waals surface area contributed by atoms with E-state index in [0.29, 0.717) is 0 Å². The lowest BCUT2D eigenvalue weighted by atomic mass is 10.1. The summed E-state index contributed by atoms with van der Waals surface area (Å²) in [5.41, 5.74) is 4.59. The zero-order chi connectivity index (χ0) is 18.2. The average Bonchev–Trinajstić information content (AvgIpc) is 3.34. The van der Waals surface area contributed by atoms with Gasteiger partial charge in [-0.25, -0.2) is 9.78 Å². The summed E-state index contributed by atoms with van der Waals surface area (Å²) >= 11 is 0. The van der Waals surface area contributed by atoms with Gasteiger partial charge in [-0.3, -0.25) is 14.1 Å². The molecule has 0 radical (unpaired) electrons. The SMILES string of the molecule is Cl.O=c1n(-c2ccc(-c3ccncc3)cc2)c2cccnc2n1C1CCNC1. The maximum absolute atomic E-state index is 13.3. The van der Waals surface area contributed by atoms with Crippen LogP contribution in [0.2, 0.25) is 0 Å². The van der Waals surface area contributed by atoms with Crippen LogP contribution < -0.4 is 11.0 Å². The predicted octanol–water partition coefficient (Wildman–Crippen LogP) is 3.21. The van der Waals surface area contributed by atoms with Gasteiger partial charge in [-0.1, -0.05) is 12.1 Å². The number of hydrogen-bond donors (Lipinski definition) is 1. The van der Waals surface area contributed by atoms with Gasteiger partial charge >= 0.3 is 5.69 Å². The van der Waals surface area contributed by atoms with E-state index in [4.69, 9.17) is 0 Å². The van der Waals surface area contributed by atoms with Gasteiger partial charge in [0.15, 0.2) is 5.65 Å². The third-order valence-electron chi connectivity index (χ3n) is 5.17. The number of nitrogens with zero attached hydrogens (tertiary/aromatic N) is 4. The third-order valence-corrected chi connectivity index (χ3v) is 5.17. The number of nitrogens with one attached hydrogen (secondary N) is 1. The number of rotatable bonds is 3. The molecular weight excluding hydrogens is 374 g/mol. The molecule has 1 atom stereocenters. The summed E-state index contributed by atoms with van der Waals surface area (Å²) in [6.07, 6.45) is 6.25. The summed E-state index contributed by atoms with van der Waals surface area (Å²) in [5.74, 6) is 0. The van der Waals surface area contributed by atoms with Crippen LogP contribution in [0.5, 0.6) is 0 Å². The second-order valence-corrected chi connectivity index (χ2v) is 6.76. The highest BCUT2D eigenvalue weighted by Crippen LogP contribution is 2.24. The van der Waals surface area contributed by atoms with Crippen LogP contribution in [0.25, 0.3) is 28.0 Å². The molecule has 0 amide bonds. The lowest BCUT2D eigenvalue weighted by Gasteiger charge is -2.09. The zero-order valence-corrected chi connectivity index (χ0v) is 16.0. The second-order valence-electron chi connectivity index (χ2n) is 6.76. The van der Waals surface area contributed by atoms with E-state index in [0.717, 1.165) is 47.5 Å². The lowest BCUT2D eigenvalue weighted by molar-refractivity contribution is 0.537. The summed E-state index contributed by atoms with van der Waals surface area (Å²) in [5, 5.41) is 3.34. The molecule has 4 heterocycles. The highest BCUT2D eigenvalue weighted by Gasteiger charge is 2.24. The van der Waals surface area contributed by atoms with E-state index in [9.17, 15) is 4.79 Å². The van der Waals surface area contributed by atoms with Crippen LogP contribution in [0.4, 0.5) is 0 Å². The molecule has 5 rings (SSSR count). The molecule has 0 bridgehead atoms. The van der Waals surface area contributed by atoms with Crippen molar-refractivity contribution in [1.29, 1.82) is 0 Å². The van der Waals surface area contributed by atoms with Gasteiger partial charge in [0.25, 0.3) is 0 Å². The average molecular weight is 394 g/mol. The molecule has 0 saturated carbocycles. The highest BCUT2D eigenvalue weighted by atomic mass is 35.5. The van der Waals surface area contributed by atoms with E-state index in [1.54, 1.807) is 23.2 Å². The van der Waals surface area contributed by atoms with E-state index >= 15 is 0 Å². The highest BCUT2D eigenvalue weighted by molar-refractivity contribution is 5.85. The Labute approximate surface area is 168 Å². The molecule has 0 spiro atoms. The Morgan fingerprint density at radius 2 is 1.71 bits per heavy atom. The molecule has 1 aliphatic rings. The van der Waals surface area contributed by atoms with E-state index in [-0.39, 0.29) is 24.1 Å². The van der Waals surface area contributed by atoms with Gasteiger partial charge in [-0.05, 0) is 60.5 Å². The Hall–Kier alpha value is -2.96. The normalized spacial score (nSPS) is 16.2. The summed E-state index contributed by atoms with van der Waals surface area (Å²) in [6, 6.07) is 16.0. The molecule has 1 fully saturated rings. The number of halogens is 1. The van der Waals surface area contributed by atoms with Gasteiger partial charge in [-0.2, -0.15) is 0 Å². The Kier molecular flexibility index (Phi) is 4.98. The minimum atomic E-state index is -0.0333. The smallest absolute Gasteiger partial charge is 0.315 e. The molecule has 1 unspecified atom stereocenters. The van der Waals surface area contributed by atoms with Gasteiger partial charge in [0.2, 0.25) is 0 Å². The first kappa shape index (κ1) is 18.4. The topological polar surface area (TPSA) is 64.7 Å². The molecule has 7 heteroatoms. The van der Waals surface area contributed by atoms with Crippen LogP contribution in [0.1, 0.15) is 12.5 Å². The molecular formula is C21H20ClN5O. The van der Waals surface area contributed by atoms with Crippen molar-refractivity contribution in [1.82, 2.24) is 24.4 Å². The lowest BCUT2D eigenvalue weighted by Crippen LogP contribution is -2.28. The molecule has 1 saturated heterocycles. The first-order chi connectivity index (χ1) is 13.3. The van der Waals surface area contributed by atoms with E-state index in [1.807, 2.05) is 53.1 Å². The van der Waals surface area contributed by atoms with Crippen molar-refractivity contribution in [3.05, 3.63) is 77.6 Å². The largest absolute Gasteiger partial charge is 0.335 e. The van der Waals surface area contributed by atoms with Gasteiger partial charge in [0.05, 0.1) is 17.2 Å². The van der Waals surface area contributed by atoms with Crippen LogP contribution in [-0.2, 0) is 0 Å². The molecule has 4 aromatic rings. The van der Waals surface area contributed by atoms with E-state index in [2.05, 4.69) is 15.3 Å². The summed E-state index contributed by atoms with van der Waals surface area (Å²) in [4.78, 5) is 21.8. The maximum atomic E-state index is 13.3. The third kappa shape index (κ3) is 3.00. The number of pyridine rings is 2. The minimum absolute atomic E-state index is 0. The predicted molar refractivity (Wildman–Crippen MR) is 112 cm³/mol. The van der Waals surface area contributed by atoms with Crippen LogP contribution in [0, 0.1) is 0 Å². The summed E-state index contributed by atoms with van der Waals surface area (Å²) in [6.45, 7) is 1.73. The van der Waals surface area contributed by atoms with Crippen molar-refractivity contribution >= 4 is 23.6 Å². The number of aromatic nitrogens is 4. The first-order valence-corrected chi connectivity index (χ1v) is 9.12. The standard InChI is InChI=1S/C21H19N5O.ClH/c27-21-25(17-5-3-15(4-6-17)16-7-11-22-12-8-16)19-2-1-10-24-20(19)26(21)18-9-13-23-14-18;/h1-8,10-12,18,23H,9,13-14H2;1H. The Balaban J connectivity index is 0.00000192. The van der Waals surface area contributed by atoms with Gasteiger partial charge < -0.3 is 5.32 Å². The van der Waals surface area contributed by atoms with Gasteiger partial charge in [0.1, 0.15) is 0 Å². The van der Waals surface area contributed by atoms with Crippen molar-refractivity contribution in [3.8, 4) is 16.8 Å². The van der Waals surface area contributed by atoms with Crippen LogP contribution in [0.15, 0.2) is 71.9 Å². The van der Waals surface area contributed by atoms with Crippen LogP contribution >= 0.6 is 12.4 Å². The van der Waals surface area contributed by atoms with Crippen LogP contribution in [0.3, 0.4) is 0 Å². The monoisotopic (exact) mass is 393 g/mol. The van der Waals surface area contributed by atoms with E-state index < -0.39 is 0 Å². The molecule has 1 N–H and O–H groups in total. The van der Waals surface area contributed by atoms with Gasteiger partial charge in [-0.15, -0.1) is 12.4 Å². The number of imidazole rings is 1. The Morgan fingerprint density at radius 1 is 0.964 bits per heavy atom. The van der Waals surface area contributed by atoms with E-state index in [1.165, 1.54) is 0 Å². The fourth-order valence-electron chi connectivity index (χ4n) is 3.84. The van der Waals surface area contributed by atoms with Crippen molar-refractivity contribution < 1.29 is 0 Å². The van der Waals surface area contributed by atoms with Crippen molar-refractivity contribution in [3.63, 3.8) is 0 Å². The Morgan fingerprint density at radius 3 is 2.43 bits per heavy atom. The summed E-state index contributed by atoms with van der Waals surface area (Å²) in [7, 11) is 0.